The summed E-state index contributed by atoms with van der Waals surface area (Å²) in [5, 5.41) is 6.93. The van der Waals surface area contributed by atoms with Crippen LogP contribution in [0.3, 0.4) is 0 Å². The minimum Gasteiger partial charge on any atom is -0.495 e. The van der Waals surface area contributed by atoms with Gasteiger partial charge in [0, 0.05) is 11.6 Å². The third kappa shape index (κ3) is 3.67. The lowest BCUT2D eigenvalue weighted by Crippen LogP contribution is -2.08. The van der Waals surface area contributed by atoms with Gasteiger partial charge in [-0.25, -0.2) is 9.97 Å². The average Bonchev–Trinajstić information content (AvgIpc) is 3.17. The maximum Gasteiger partial charge on any atom is 0.231 e. The number of nitrogens with one attached hydrogen (secondary N) is 2. The van der Waals surface area contributed by atoms with Gasteiger partial charge < -0.3 is 30.6 Å². The molecule has 2 aromatic carbocycles. The molecule has 1 aliphatic rings. The molecule has 9 heteroatoms. The van der Waals surface area contributed by atoms with Crippen LogP contribution in [-0.4, -0.2) is 23.9 Å². The van der Waals surface area contributed by atoms with E-state index in [0.717, 1.165) is 17.1 Å². The van der Waals surface area contributed by atoms with Crippen LogP contribution in [0.1, 0.15) is 5.56 Å². The maximum atomic E-state index is 6.25. The summed E-state index contributed by atoms with van der Waals surface area (Å²) in [5.74, 6) is 3.05. The van der Waals surface area contributed by atoms with E-state index in [2.05, 4.69) is 20.6 Å². The molecule has 4 N–H and O–H groups in total. The molecule has 1 aliphatic heterocycles. The van der Waals surface area contributed by atoms with Crippen LogP contribution in [0.25, 0.3) is 0 Å². The Balaban J connectivity index is 1.51. The SMILES string of the molecule is COc1ccc(Cl)cc1Nc1ncnc(NCc2ccc3c(c2)OCO3)c1N. The predicted molar refractivity (Wildman–Crippen MR) is 108 cm³/mol. The lowest BCUT2D eigenvalue weighted by molar-refractivity contribution is 0.174. The van der Waals surface area contributed by atoms with Crippen LogP contribution in [0.5, 0.6) is 17.2 Å². The van der Waals surface area contributed by atoms with Crippen molar-refractivity contribution < 1.29 is 14.2 Å². The number of hydrogen-bond acceptors (Lipinski definition) is 8. The van der Waals surface area contributed by atoms with Gasteiger partial charge in [0.2, 0.25) is 6.79 Å². The zero-order valence-electron chi connectivity index (χ0n) is 15.0. The second kappa shape index (κ2) is 7.69. The Kier molecular flexibility index (Phi) is 4.94. The quantitative estimate of drug-likeness (QED) is 0.575. The Labute approximate surface area is 166 Å². The lowest BCUT2D eigenvalue weighted by atomic mass is 10.2. The predicted octanol–water partition coefficient (Wildman–Crippen LogP) is 3.81. The molecule has 1 aromatic heterocycles. The van der Waals surface area contributed by atoms with E-state index >= 15 is 0 Å². The molecule has 0 radical (unpaired) electrons. The highest BCUT2D eigenvalue weighted by Gasteiger charge is 2.14. The number of fused-ring (bicyclic) bond motifs is 1. The summed E-state index contributed by atoms with van der Waals surface area (Å²) in [4.78, 5) is 8.45. The number of nitrogens with two attached hydrogens (primary N) is 1. The van der Waals surface area contributed by atoms with E-state index < -0.39 is 0 Å². The molecule has 0 fully saturated rings. The van der Waals surface area contributed by atoms with Crippen molar-refractivity contribution in [1.29, 1.82) is 0 Å². The van der Waals surface area contributed by atoms with Crippen LogP contribution >= 0.6 is 11.6 Å². The standard InChI is InChI=1S/C19H18ClN5O3/c1-26-14-5-3-12(20)7-13(14)25-19-17(21)18(23-9-24-19)22-8-11-2-4-15-16(6-11)28-10-27-15/h2-7,9H,8,10,21H2,1H3,(H2,22,23,24,25). The highest BCUT2D eigenvalue weighted by molar-refractivity contribution is 6.31. The van der Waals surface area contributed by atoms with E-state index in [4.69, 9.17) is 31.5 Å². The van der Waals surface area contributed by atoms with Crippen molar-refractivity contribution in [1.82, 2.24) is 9.97 Å². The van der Waals surface area contributed by atoms with E-state index in [1.807, 2.05) is 18.2 Å². The van der Waals surface area contributed by atoms with Crippen LogP contribution in [0.15, 0.2) is 42.7 Å². The van der Waals surface area contributed by atoms with Gasteiger partial charge in [-0.05, 0) is 35.9 Å². The number of rotatable bonds is 6. The Morgan fingerprint density at radius 2 is 1.93 bits per heavy atom. The molecule has 3 aromatic rings. The molecule has 4 rings (SSSR count). The van der Waals surface area contributed by atoms with E-state index in [1.54, 1.807) is 25.3 Å². The van der Waals surface area contributed by atoms with Crippen molar-refractivity contribution in [2.45, 2.75) is 6.54 Å². The molecule has 0 aliphatic carbocycles. The van der Waals surface area contributed by atoms with Crippen LogP contribution in [0, 0.1) is 0 Å². The normalized spacial score (nSPS) is 11.9. The fraction of sp³-hybridized carbons (Fsp3) is 0.158. The summed E-state index contributed by atoms with van der Waals surface area (Å²) in [6, 6.07) is 11.0. The van der Waals surface area contributed by atoms with Gasteiger partial charge in [-0.15, -0.1) is 0 Å². The first-order chi connectivity index (χ1) is 13.6. The van der Waals surface area contributed by atoms with Crippen molar-refractivity contribution in [2.24, 2.45) is 0 Å². The van der Waals surface area contributed by atoms with Crippen LogP contribution < -0.4 is 30.6 Å². The zero-order chi connectivity index (χ0) is 19.5. The van der Waals surface area contributed by atoms with Crippen molar-refractivity contribution in [3.8, 4) is 17.2 Å². The van der Waals surface area contributed by atoms with E-state index in [1.165, 1.54) is 6.33 Å². The van der Waals surface area contributed by atoms with Crippen molar-refractivity contribution in [2.75, 3.05) is 30.3 Å². The number of halogens is 1. The van der Waals surface area contributed by atoms with Gasteiger partial charge in [-0.3, -0.25) is 0 Å². The van der Waals surface area contributed by atoms with Gasteiger partial charge in [0.05, 0.1) is 12.8 Å². The smallest absolute Gasteiger partial charge is 0.231 e. The maximum absolute atomic E-state index is 6.25. The van der Waals surface area contributed by atoms with Gasteiger partial charge >= 0.3 is 0 Å². The first kappa shape index (κ1) is 18.0. The van der Waals surface area contributed by atoms with Gasteiger partial charge in [0.1, 0.15) is 17.8 Å². The summed E-state index contributed by atoms with van der Waals surface area (Å²) in [6.07, 6.45) is 1.43. The van der Waals surface area contributed by atoms with E-state index in [0.29, 0.717) is 40.3 Å². The molecule has 0 spiro atoms. The van der Waals surface area contributed by atoms with Crippen molar-refractivity contribution >= 4 is 34.6 Å². The first-order valence-corrected chi connectivity index (χ1v) is 8.85. The summed E-state index contributed by atoms with van der Waals surface area (Å²) in [7, 11) is 1.58. The Morgan fingerprint density at radius 1 is 1.11 bits per heavy atom. The molecule has 0 bridgehead atoms. The number of methoxy groups -OCH3 is 1. The third-order valence-electron chi connectivity index (χ3n) is 4.20. The fourth-order valence-electron chi connectivity index (χ4n) is 2.78. The highest BCUT2D eigenvalue weighted by Crippen LogP contribution is 2.34. The molecular weight excluding hydrogens is 382 g/mol. The summed E-state index contributed by atoms with van der Waals surface area (Å²) >= 11 is 6.08. The molecule has 8 nitrogen and oxygen atoms in total. The Hall–Kier alpha value is -3.39. The van der Waals surface area contributed by atoms with Crippen LogP contribution in [-0.2, 0) is 6.54 Å². The van der Waals surface area contributed by atoms with Crippen LogP contribution in [0.2, 0.25) is 5.02 Å². The summed E-state index contributed by atoms with van der Waals surface area (Å²) < 4.78 is 16.1. The second-order valence-corrected chi connectivity index (χ2v) is 6.43. The fourth-order valence-corrected chi connectivity index (χ4v) is 2.95. The van der Waals surface area contributed by atoms with Gasteiger partial charge in [0.25, 0.3) is 0 Å². The number of ether oxygens (including phenoxy) is 3. The molecule has 0 saturated carbocycles. The molecule has 0 amide bonds. The summed E-state index contributed by atoms with van der Waals surface area (Å²) in [5.41, 5.74) is 8.29. The molecular formula is C19H18ClN5O3. The van der Waals surface area contributed by atoms with Gasteiger partial charge in [-0.1, -0.05) is 17.7 Å². The van der Waals surface area contributed by atoms with Crippen molar-refractivity contribution in [3.05, 3.63) is 53.3 Å². The number of nitrogens with zero attached hydrogens (tertiary/aromatic N) is 2. The highest BCUT2D eigenvalue weighted by atomic mass is 35.5. The molecule has 28 heavy (non-hydrogen) atoms. The number of benzene rings is 2. The minimum atomic E-state index is 0.243. The first-order valence-electron chi connectivity index (χ1n) is 8.47. The number of anilines is 4. The lowest BCUT2D eigenvalue weighted by Gasteiger charge is -2.14. The summed E-state index contributed by atoms with van der Waals surface area (Å²) in [6.45, 7) is 0.755. The molecule has 2 heterocycles. The van der Waals surface area contributed by atoms with Crippen molar-refractivity contribution in [3.63, 3.8) is 0 Å². The van der Waals surface area contributed by atoms with Gasteiger partial charge in [0.15, 0.2) is 23.1 Å². The van der Waals surface area contributed by atoms with E-state index in [-0.39, 0.29) is 6.79 Å². The number of nitrogen functional groups attached to an aromatic ring is 1. The van der Waals surface area contributed by atoms with E-state index in [9.17, 15) is 0 Å². The molecule has 0 atom stereocenters. The molecule has 144 valence electrons. The molecule has 0 unspecified atom stereocenters. The zero-order valence-corrected chi connectivity index (χ0v) is 15.8. The van der Waals surface area contributed by atoms with Crippen LogP contribution in [0.4, 0.5) is 23.0 Å². The Bertz CT molecular complexity index is 1010. The van der Waals surface area contributed by atoms with Gasteiger partial charge in [-0.2, -0.15) is 0 Å². The molecule has 0 saturated heterocycles. The minimum absolute atomic E-state index is 0.243. The Morgan fingerprint density at radius 3 is 2.79 bits per heavy atom. The topological polar surface area (TPSA) is 104 Å². The number of aromatic nitrogens is 2. The largest absolute Gasteiger partial charge is 0.495 e. The monoisotopic (exact) mass is 399 g/mol. The second-order valence-electron chi connectivity index (χ2n) is 6.00. The average molecular weight is 400 g/mol. The number of hydrogen-bond donors (Lipinski definition) is 3. The third-order valence-corrected chi connectivity index (χ3v) is 4.43.